The lowest BCUT2D eigenvalue weighted by Gasteiger charge is -2.20. The van der Waals surface area contributed by atoms with Crippen molar-refractivity contribution in [3.05, 3.63) is 0 Å². The molecule has 0 saturated carbocycles. The van der Waals surface area contributed by atoms with Crippen LogP contribution in [0, 0.1) is 5.92 Å². The molecule has 0 rings (SSSR count). The largest absolute Gasteiger partial charge is 0.480 e. The van der Waals surface area contributed by atoms with E-state index in [9.17, 15) is 9.59 Å². The fourth-order valence-corrected chi connectivity index (χ4v) is 1.47. The smallest absolute Gasteiger partial charge is 0.326 e. The number of carbonyl (C=O) groups excluding carboxylic acids is 1. The summed E-state index contributed by atoms with van der Waals surface area (Å²) in [5.41, 5.74) is 0. The number of ether oxygens (including phenoxy) is 1. The van der Waals surface area contributed by atoms with Crippen LogP contribution < -0.4 is 10.6 Å². The third-order valence-corrected chi connectivity index (χ3v) is 2.82. The first kappa shape index (κ1) is 17.7. The van der Waals surface area contributed by atoms with Crippen LogP contribution in [0.3, 0.4) is 0 Å². The molecule has 6 heteroatoms. The average molecular weight is 274 g/mol. The third kappa shape index (κ3) is 8.42. The van der Waals surface area contributed by atoms with Crippen molar-refractivity contribution in [3.63, 3.8) is 0 Å². The maximum absolute atomic E-state index is 11.5. The van der Waals surface area contributed by atoms with Gasteiger partial charge in [-0.25, -0.2) is 9.59 Å². The van der Waals surface area contributed by atoms with E-state index in [2.05, 4.69) is 10.6 Å². The zero-order chi connectivity index (χ0) is 14.8. The summed E-state index contributed by atoms with van der Waals surface area (Å²) in [5, 5.41) is 14.1. The molecule has 3 N–H and O–H groups in total. The molecule has 2 unspecified atom stereocenters. The maximum Gasteiger partial charge on any atom is 0.326 e. The molecule has 0 bridgehead atoms. The summed E-state index contributed by atoms with van der Waals surface area (Å²) < 4.78 is 5.33. The summed E-state index contributed by atoms with van der Waals surface area (Å²) in [4.78, 5) is 22.6. The predicted molar refractivity (Wildman–Crippen MR) is 73.1 cm³/mol. The number of rotatable bonds is 9. The van der Waals surface area contributed by atoms with Crippen molar-refractivity contribution in [3.8, 4) is 0 Å². The molecule has 0 fully saturated rings. The van der Waals surface area contributed by atoms with Crippen LogP contribution in [0.15, 0.2) is 0 Å². The fourth-order valence-electron chi connectivity index (χ4n) is 1.47. The van der Waals surface area contributed by atoms with Crippen molar-refractivity contribution in [2.75, 3.05) is 13.2 Å². The molecule has 0 aromatic carbocycles. The number of aliphatic carboxylic acids is 1. The van der Waals surface area contributed by atoms with E-state index in [0.29, 0.717) is 26.0 Å². The molecular formula is C13H26N2O4. The molecule has 0 spiro atoms. The minimum Gasteiger partial charge on any atom is -0.480 e. The van der Waals surface area contributed by atoms with Gasteiger partial charge < -0.3 is 20.5 Å². The second-order valence-corrected chi connectivity index (χ2v) is 4.87. The molecular weight excluding hydrogens is 248 g/mol. The molecule has 0 aliphatic carbocycles. The molecule has 2 atom stereocenters. The van der Waals surface area contributed by atoms with E-state index in [4.69, 9.17) is 9.84 Å². The Morgan fingerprint density at radius 2 is 1.89 bits per heavy atom. The first-order chi connectivity index (χ1) is 8.88. The van der Waals surface area contributed by atoms with Gasteiger partial charge in [0, 0.05) is 13.2 Å². The fraction of sp³-hybridized carbons (Fsp3) is 0.846. The number of nitrogens with one attached hydrogen (secondary N) is 2. The van der Waals surface area contributed by atoms with E-state index in [1.807, 2.05) is 20.8 Å². The van der Waals surface area contributed by atoms with Gasteiger partial charge in [0.1, 0.15) is 6.04 Å². The normalized spacial score (nSPS) is 13.9. The van der Waals surface area contributed by atoms with Crippen LogP contribution in [0.4, 0.5) is 4.79 Å². The topological polar surface area (TPSA) is 87.7 Å². The molecule has 0 aliphatic rings. The van der Waals surface area contributed by atoms with E-state index in [-0.39, 0.29) is 12.0 Å². The second kappa shape index (κ2) is 9.61. The summed E-state index contributed by atoms with van der Waals surface area (Å²) in [6, 6.07) is -1.30. The molecule has 0 aliphatic heterocycles. The summed E-state index contributed by atoms with van der Waals surface area (Å²) >= 11 is 0. The molecule has 0 radical (unpaired) electrons. The highest BCUT2D eigenvalue weighted by Crippen LogP contribution is 2.07. The Kier molecular flexibility index (Phi) is 8.95. The summed E-state index contributed by atoms with van der Waals surface area (Å²) in [7, 11) is 0. The molecule has 0 aromatic heterocycles. The summed E-state index contributed by atoms with van der Waals surface area (Å²) in [5.74, 6) is -1.11. The van der Waals surface area contributed by atoms with Gasteiger partial charge in [0.15, 0.2) is 0 Å². The van der Waals surface area contributed by atoms with Crippen LogP contribution in [-0.2, 0) is 9.53 Å². The number of carboxylic acids is 1. The lowest BCUT2D eigenvalue weighted by molar-refractivity contribution is -0.140. The lowest BCUT2D eigenvalue weighted by atomic mass is 9.99. The SMILES string of the molecule is CCC(C)C(NC(=O)NCCCOC(C)C)C(=O)O. The van der Waals surface area contributed by atoms with E-state index in [1.54, 1.807) is 6.92 Å². The van der Waals surface area contributed by atoms with Crippen molar-refractivity contribution in [2.45, 2.75) is 52.7 Å². The number of carbonyl (C=O) groups is 2. The highest BCUT2D eigenvalue weighted by Gasteiger charge is 2.24. The van der Waals surface area contributed by atoms with E-state index >= 15 is 0 Å². The maximum atomic E-state index is 11.5. The third-order valence-electron chi connectivity index (χ3n) is 2.82. The van der Waals surface area contributed by atoms with Crippen molar-refractivity contribution >= 4 is 12.0 Å². The Hall–Kier alpha value is -1.30. The predicted octanol–water partition coefficient (Wildman–Crippen LogP) is 1.60. The van der Waals surface area contributed by atoms with Crippen molar-refractivity contribution in [1.29, 1.82) is 0 Å². The van der Waals surface area contributed by atoms with Gasteiger partial charge in [-0.05, 0) is 26.2 Å². The van der Waals surface area contributed by atoms with E-state index in [1.165, 1.54) is 0 Å². The van der Waals surface area contributed by atoms with E-state index < -0.39 is 18.0 Å². The van der Waals surface area contributed by atoms with Crippen LogP contribution in [0.1, 0.15) is 40.5 Å². The summed E-state index contributed by atoms with van der Waals surface area (Å²) in [6.07, 6.45) is 1.57. The van der Waals surface area contributed by atoms with Gasteiger partial charge in [0.2, 0.25) is 0 Å². The van der Waals surface area contributed by atoms with Gasteiger partial charge in [-0.15, -0.1) is 0 Å². The monoisotopic (exact) mass is 274 g/mol. The van der Waals surface area contributed by atoms with Gasteiger partial charge in [-0.1, -0.05) is 20.3 Å². The van der Waals surface area contributed by atoms with Gasteiger partial charge in [0.25, 0.3) is 0 Å². The standard InChI is InChI=1S/C13H26N2O4/c1-5-10(4)11(12(16)17)15-13(18)14-7-6-8-19-9(2)3/h9-11H,5-8H2,1-4H3,(H,16,17)(H2,14,15,18). The van der Waals surface area contributed by atoms with Crippen LogP contribution in [0.2, 0.25) is 0 Å². The number of hydrogen-bond donors (Lipinski definition) is 3. The molecule has 6 nitrogen and oxygen atoms in total. The number of amides is 2. The van der Waals surface area contributed by atoms with Gasteiger partial charge in [-0.3, -0.25) is 0 Å². The van der Waals surface area contributed by atoms with Crippen molar-refractivity contribution in [2.24, 2.45) is 5.92 Å². The van der Waals surface area contributed by atoms with Crippen molar-refractivity contribution < 1.29 is 19.4 Å². The average Bonchev–Trinajstić information content (AvgIpc) is 2.33. The number of hydrogen-bond acceptors (Lipinski definition) is 3. The van der Waals surface area contributed by atoms with Crippen LogP contribution >= 0.6 is 0 Å². The zero-order valence-corrected chi connectivity index (χ0v) is 12.2. The molecule has 112 valence electrons. The second-order valence-electron chi connectivity index (χ2n) is 4.87. The Morgan fingerprint density at radius 1 is 1.26 bits per heavy atom. The molecule has 0 aromatic rings. The minimum absolute atomic E-state index is 0.104. The number of urea groups is 1. The Labute approximate surface area is 114 Å². The Morgan fingerprint density at radius 3 is 2.37 bits per heavy atom. The van der Waals surface area contributed by atoms with Crippen molar-refractivity contribution in [1.82, 2.24) is 10.6 Å². The number of carboxylic acid groups (broad SMARTS) is 1. The molecule has 0 saturated heterocycles. The van der Waals surface area contributed by atoms with Gasteiger partial charge in [0.05, 0.1) is 6.10 Å². The highest BCUT2D eigenvalue weighted by atomic mass is 16.5. The quantitative estimate of drug-likeness (QED) is 0.557. The van der Waals surface area contributed by atoms with Crippen LogP contribution in [0.25, 0.3) is 0 Å². The van der Waals surface area contributed by atoms with Gasteiger partial charge in [-0.2, -0.15) is 0 Å². The Balaban J connectivity index is 3.91. The molecule has 2 amide bonds. The van der Waals surface area contributed by atoms with Crippen LogP contribution in [-0.4, -0.2) is 42.4 Å². The Bertz CT molecular complexity index is 282. The van der Waals surface area contributed by atoms with Gasteiger partial charge >= 0.3 is 12.0 Å². The molecule has 0 heterocycles. The first-order valence-corrected chi connectivity index (χ1v) is 6.77. The summed E-state index contributed by atoms with van der Waals surface area (Å²) in [6.45, 7) is 8.63. The molecule has 19 heavy (non-hydrogen) atoms. The highest BCUT2D eigenvalue weighted by molar-refractivity contribution is 5.82. The lowest BCUT2D eigenvalue weighted by Crippen LogP contribution is -2.49. The van der Waals surface area contributed by atoms with E-state index in [0.717, 1.165) is 0 Å². The zero-order valence-electron chi connectivity index (χ0n) is 12.2. The minimum atomic E-state index is -1.01. The first-order valence-electron chi connectivity index (χ1n) is 6.77. The van der Waals surface area contributed by atoms with Crippen LogP contribution in [0.5, 0.6) is 0 Å².